The lowest BCUT2D eigenvalue weighted by Gasteiger charge is -2.06. The SMILES string of the molecule is [B]C1OC(CO)CC1O. The van der Waals surface area contributed by atoms with Gasteiger partial charge in [-0.25, -0.2) is 0 Å². The Labute approximate surface area is 55.0 Å². The normalized spacial score (nSPS) is 43.6. The van der Waals surface area contributed by atoms with Crippen molar-refractivity contribution in [1.82, 2.24) is 0 Å². The molecule has 1 heterocycles. The molecular formula is C5H9BO3. The predicted molar refractivity (Wildman–Crippen MR) is 32.1 cm³/mol. The number of hydrogen-bond acceptors (Lipinski definition) is 3. The van der Waals surface area contributed by atoms with Gasteiger partial charge in [-0.15, -0.1) is 0 Å². The van der Waals surface area contributed by atoms with Crippen LogP contribution in [-0.2, 0) is 4.74 Å². The zero-order chi connectivity index (χ0) is 6.85. The van der Waals surface area contributed by atoms with Crippen LogP contribution in [0.1, 0.15) is 6.42 Å². The standard InChI is InChI=1S/C5H9BO3/c6-5-4(8)1-3(2-7)9-5/h3-5,7-8H,1-2H2. The molecule has 0 aromatic heterocycles. The van der Waals surface area contributed by atoms with Crippen molar-refractivity contribution in [2.24, 2.45) is 0 Å². The van der Waals surface area contributed by atoms with Crippen LogP contribution in [0.5, 0.6) is 0 Å². The minimum absolute atomic E-state index is 0.0647. The van der Waals surface area contributed by atoms with Crippen molar-refractivity contribution >= 4 is 7.85 Å². The number of aliphatic hydroxyl groups excluding tert-OH is 2. The lowest BCUT2D eigenvalue weighted by Crippen LogP contribution is -2.20. The first kappa shape index (κ1) is 7.06. The number of ether oxygens (including phenoxy) is 1. The van der Waals surface area contributed by atoms with Gasteiger partial charge >= 0.3 is 0 Å². The van der Waals surface area contributed by atoms with Crippen LogP contribution in [0.25, 0.3) is 0 Å². The number of hydrogen-bond donors (Lipinski definition) is 2. The summed E-state index contributed by atoms with van der Waals surface area (Å²) < 4.78 is 4.90. The molecule has 1 rings (SSSR count). The molecule has 0 aliphatic carbocycles. The van der Waals surface area contributed by atoms with Crippen LogP contribution >= 0.6 is 0 Å². The molecule has 9 heavy (non-hydrogen) atoms. The van der Waals surface area contributed by atoms with E-state index in [0.717, 1.165) is 0 Å². The highest BCUT2D eigenvalue weighted by Gasteiger charge is 2.28. The topological polar surface area (TPSA) is 49.7 Å². The maximum Gasteiger partial charge on any atom is 0.112 e. The van der Waals surface area contributed by atoms with Crippen LogP contribution in [0.15, 0.2) is 0 Å². The van der Waals surface area contributed by atoms with E-state index in [1.807, 2.05) is 0 Å². The third-order valence-corrected chi connectivity index (χ3v) is 1.44. The smallest absolute Gasteiger partial charge is 0.112 e. The molecule has 1 aliphatic heterocycles. The zero-order valence-corrected chi connectivity index (χ0v) is 5.03. The molecule has 3 nitrogen and oxygen atoms in total. The minimum atomic E-state index is -0.609. The van der Waals surface area contributed by atoms with E-state index in [0.29, 0.717) is 6.42 Å². The average Bonchev–Trinajstić information content (AvgIpc) is 2.13. The van der Waals surface area contributed by atoms with Crippen molar-refractivity contribution in [3.63, 3.8) is 0 Å². The monoisotopic (exact) mass is 128 g/mol. The highest BCUT2D eigenvalue weighted by Crippen LogP contribution is 2.16. The van der Waals surface area contributed by atoms with Crippen LogP contribution < -0.4 is 0 Å². The molecule has 0 spiro atoms. The van der Waals surface area contributed by atoms with Gasteiger partial charge in [-0.2, -0.15) is 0 Å². The third-order valence-electron chi connectivity index (χ3n) is 1.44. The highest BCUT2D eigenvalue weighted by atomic mass is 16.5. The molecule has 0 saturated carbocycles. The first-order valence-electron chi connectivity index (χ1n) is 2.94. The summed E-state index contributed by atoms with van der Waals surface area (Å²) in [6, 6.07) is -0.609. The van der Waals surface area contributed by atoms with Crippen molar-refractivity contribution in [3.8, 4) is 0 Å². The van der Waals surface area contributed by atoms with E-state index in [1.165, 1.54) is 0 Å². The largest absolute Gasteiger partial charge is 0.394 e. The van der Waals surface area contributed by atoms with Crippen LogP contribution in [0, 0.1) is 0 Å². The van der Waals surface area contributed by atoms with E-state index in [-0.39, 0.29) is 12.7 Å². The highest BCUT2D eigenvalue weighted by molar-refractivity contribution is 6.11. The Morgan fingerprint density at radius 2 is 2.33 bits per heavy atom. The molecule has 50 valence electrons. The van der Waals surface area contributed by atoms with Crippen molar-refractivity contribution in [3.05, 3.63) is 0 Å². The molecule has 0 aromatic carbocycles. The number of rotatable bonds is 1. The summed E-state index contributed by atoms with van der Waals surface area (Å²) in [6.07, 6.45) is -0.436. The molecule has 0 amide bonds. The Morgan fingerprint density at radius 3 is 2.56 bits per heavy atom. The van der Waals surface area contributed by atoms with Crippen molar-refractivity contribution < 1.29 is 14.9 Å². The van der Waals surface area contributed by atoms with E-state index in [9.17, 15) is 0 Å². The van der Waals surface area contributed by atoms with Gasteiger partial charge in [0.2, 0.25) is 0 Å². The van der Waals surface area contributed by atoms with E-state index in [4.69, 9.17) is 22.8 Å². The minimum Gasteiger partial charge on any atom is -0.394 e. The fourth-order valence-electron chi connectivity index (χ4n) is 0.890. The van der Waals surface area contributed by atoms with Crippen LogP contribution in [0.2, 0.25) is 0 Å². The summed E-state index contributed by atoms with van der Waals surface area (Å²) in [6.45, 7) is -0.0647. The summed E-state index contributed by atoms with van der Waals surface area (Å²) in [4.78, 5) is 0. The van der Waals surface area contributed by atoms with Gasteiger partial charge in [0.1, 0.15) is 7.85 Å². The Morgan fingerprint density at radius 1 is 1.67 bits per heavy atom. The Balaban J connectivity index is 2.35. The lowest BCUT2D eigenvalue weighted by molar-refractivity contribution is 0.0307. The van der Waals surface area contributed by atoms with E-state index in [1.54, 1.807) is 0 Å². The maximum absolute atomic E-state index is 8.94. The van der Waals surface area contributed by atoms with Crippen molar-refractivity contribution in [2.75, 3.05) is 6.61 Å². The van der Waals surface area contributed by atoms with Crippen molar-refractivity contribution in [1.29, 1.82) is 0 Å². The fraction of sp³-hybridized carbons (Fsp3) is 1.00. The van der Waals surface area contributed by atoms with Gasteiger partial charge in [0.05, 0.1) is 18.8 Å². The maximum atomic E-state index is 8.94. The molecule has 0 aromatic rings. The second-order valence-corrected chi connectivity index (χ2v) is 2.21. The Kier molecular flexibility index (Phi) is 2.11. The molecule has 4 heteroatoms. The second-order valence-electron chi connectivity index (χ2n) is 2.21. The van der Waals surface area contributed by atoms with Gasteiger partial charge in [0.25, 0.3) is 0 Å². The van der Waals surface area contributed by atoms with Gasteiger partial charge in [0, 0.05) is 12.4 Å². The molecule has 2 N–H and O–H groups in total. The quantitative estimate of drug-likeness (QED) is 0.428. The third kappa shape index (κ3) is 1.44. The van der Waals surface area contributed by atoms with E-state index < -0.39 is 12.1 Å². The summed E-state index contributed by atoms with van der Waals surface area (Å²) in [7, 11) is 5.26. The van der Waals surface area contributed by atoms with Crippen LogP contribution in [0.3, 0.4) is 0 Å². The summed E-state index contributed by atoms with van der Waals surface area (Å²) >= 11 is 0. The van der Waals surface area contributed by atoms with Gasteiger partial charge in [0.15, 0.2) is 0 Å². The van der Waals surface area contributed by atoms with Crippen LogP contribution in [-0.4, -0.2) is 42.9 Å². The molecule has 1 saturated heterocycles. The molecule has 1 fully saturated rings. The van der Waals surface area contributed by atoms with Gasteiger partial charge in [-0.1, -0.05) is 0 Å². The van der Waals surface area contributed by atoms with Crippen molar-refractivity contribution in [2.45, 2.75) is 24.6 Å². The summed E-state index contributed by atoms with van der Waals surface area (Å²) in [5, 5.41) is 17.4. The molecular weight excluding hydrogens is 119 g/mol. The number of aliphatic hydroxyl groups is 2. The molecule has 3 atom stereocenters. The molecule has 1 aliphatic rings. The second kappa shape index (κ2) is 2.69. The Bertz CT molecular complexity index is 88.2. The van der Waals surface area contributed by atoms with Gasteiger partial charge < -0.3 is 14.9 Å². The molecule has 0 bridgehead atoms. The average molecular weight is 128 g/mol. The lowest BCUT2D eigenvalue weighted by atomic mass is 9.95. The molecule has 2 radical (unpaired) electrons. The zero-order valence-electron chi connectivity index (χ0n) is 5.03. The first-order valence-corrected chi connectivity index (χ1v) is 2.94. The summed E-state index contributed by atoms with van der Waals surface area (Å²) in [5.41, 5.74) is 0. The van der Waals surface area contributed by atoms with Crippen LogP contribution in [0.4, 0.5) is 0 Å². The van der Waals surface area contributed by atoms with Gasteiger partial charge in [-0.05, 0) is 0 Å². The fourth-order valence-corrected chi connectivity index (χ4v) is 0.890. The first-order chi connectivity index (χ1) is 4.24. The molecule has 3 unspecified atom stereocenters. The Hall–Kier alpha value is -0.0551. The van der Waals surface area contributed by atoms with E-state index >= 15 is 0 Å². The predicted octanol–water partition coefficient (Wildman–Crippen LogP) is -1.38. The van der Waals surface area contributed by atoms with E-state index in [2.05, 4.69) is 0 Å². The summed E-state index contributed by atoms with van der Waals surface area (Å²) in [5.74, 6) is 0. The van der Waals surface area contributed by atoms with Gasteiger partial charge in [-0.3, -0.25) is 0 Å².